The van der Waals surface area contributed by atoms with Gasteiger partial charge in [-0.3, -0.25) is 0 Å². The Morgan fingerprint density at radius 2 is 1.31 bits per heavy atom. The van der Waals surface area contributed by atoms with Gasteiger partial charge in [0.2, 0.25) is 0 Å². The van der Waals surface area contributed by atoms with Gasteiger partial charge in [-0.2, -0.15) is 19.9 Å². The topological polar surface area (TPSA) is 23.8 Å². The first-order chi connectivity index (χ1) is 12.8. The number of hydrogen-bond donors (Lipinski definition) is 0. The third-order valence-electron chi connectivity index (χ3n) is 2.98. The Labute approximate surface area is 205 Å². The number of rotatable bonds is 1. The summed E-state index contributed by atoms with van der Waals surface area (Å²) in [5.74, 6) is 0. The molecule has 0 saturated carbocycles. The van der Waals surface area contributed by atoms with Crippen molar-refractivity contribution in [3.05, 3.63) is 85.8 Å². The van der Waals surface area contributed by atoms with Crippen molar-refractivity contribution in [3.63, 3.8) is 0 Å². The minimum absolute atomic E-state index is 0. The van der Waals surface area contributed by atoms with Crippen molar-refractivity contribution < 1.29 is 19.2 Å². The summed E-state index contributed by atoms with van der Waals surface area (Å²) in [5, 5.41) is 2.69. The van der Waals surface area contributed by atoms with Gasteiger partial charge in [0.15, 0.2) is 0 Å². The zero-order chi connectivity index (χ0) is 21.5. The second-order valence-electron chi connectivity index (χ2n) is 6.46. The van der Waals surface area contributed by atoms with Gasteiger partial charge in [0.05, 0.1) is 0 Å². The molecule has 0 aliphatic rings. The Morgan fingerprint density at radius 1 is 0.862 bits per heavy atom. The molecule has 1 nitrogen and oxygen atoms in total. The van der Waals surface area contributed by atoms with Crippen molar-refractivity contribution >= 4 is 43.2 Å². The van der Waals surface area contributed by atoms with Crippen LogP contribution >= 0.6 is 24.8 Å². The zero-order valence-corrected chi connectivity index (χ0v) is 22.7. The van der Waals surface area contributed by atoms with Crippen LogP contribution in [0, 0.1) is 20.8 Å². The van der Waals surface area contributed by atoms with Gasteiger partial charge >= 0.3 is 26.8 Å². The van der Waals surface area contributed by atoms with Crippen molar-refractivity contribution in [3.8, 4) is 11.1 Å². The average molecular weight is 484 g/mol. The normalized spacial score (nSPS) is 8.55. The Balaban J connectivity index is -0.000000208. The second-order valence-corrected chi connectivity index (χ2v) is 6.46. The Hall–Kier alpha value is -0.479. The summed E-state index contributed by atoms with van der Waals surface area (Å²) in [4.78, 5) is 0. The van der Waals surface area contributed by atoms with Gasteiger partial charge in [0.1, 0.15) is 0 Å². The molecule has 3 aromatic rings. The van der Waals surface area contributed by atoms with Crippen molar-refractivity contribution in [1.82, 2.24) is 0 Å². The molecule has 2 radical (unpaired) electrons. The molecule has 3 rings (SSSR count). The van der Waals surface area contributed by atoms with Crippen LogP contribution in [-0.4, -0.2) is 13.2 Å². The van der Waals surface area contributed by atoms with E-state index in [4.69, 9.17) is 5.73 Å². The Kier molecular flexibility index (Phi) is 25.7. The van der Waals surface area contributed by atoms with E-state index in [1.54, 1.807) is 33.0 Å². The fraction of sp³-hybridized carbons (Fsp3) is 0.292. The Morgan fingerprint density at radius 3 is 1.76 bits per heavy atom. The molecule has 29 heavy (non-hydrogen) atoms. The van der Waals surface area contributed by atoms with Gasteiger partial charge in [0, 0.05) is 0 Å². The van der Waals surface area contributed by atoms with Crippen molar-refractivity contribution in [1.29, 1.82) is 0 Å². The fourth-order valence-corrected chi connectivity index (χ4v) is 2.25. The SMILES string of the molecule is CC(C)(C)[NH-].Cc1cc2c(-c3ccccc3)cccc2[cH-]1.Cl.Cl.[CH2-]C.[CH2-]C.[Si]=[Ti]. The summed E-state index contributed by atoms with van der Waals surface area (Å²) in [5.41, 5.74) is 10.6. The van der Waals surface area contributed by atoms with Gasteiger partial charge in [0.25, 0.3) is 0 Å². The summed E-state index contributed by atoms with van der Waals surface area (Å²) >= 11 is 1.81. The summed E-state index contributed by atoms with van der Waals surface area (Å²) in [6.45, 7) is 17.7. The summed E-state index contributed by atoms with van der Waals surface area (Å²) < 4.78 is 0. The molecule has 0 aromatic heterocycles. The number of halogens is 2. The van der Waals surface area contributed by atoms with E-state index in [-0.39, 0.29) is 30.4 Å². The first-order valence-corrected chi connectivity index (χ1v) is 11.8. The molecule has 0 unspecified atom stereocenters. The van der Waals surface area contributed by atoms with Crippen LogP contribution in [0.25, 0.3) is 27.6 Å². The second kappa shape index (κ2) is 20.8. The van der Waals surface area contributed by atoms with E-state index in [0.29, 0.717) is 0 Å². The van der Waals surface area contributed by atoms with Crippen molar-refractivity contribution in [2.75, 3.05) is 0 Å². The molecule has 162 valence electrons. The van der Waals surface area contributed by atoms with Gasteiger partial charge < -0.3 is 19.6 Å². The van der Waals surface area contributed by atoms with Crippen molar-refractivity contribution in [2.24, 2.45) is 0 Å². The maximum absolute atomic E-state index is 6.94. The van der Waals surface area contributed by atoms with E-state index < -0.39 is 0 Å². The molecule has 0 atom stereocenters. The van der Waals surface area contributed by atoms with E-state index in [2.05, 4.69) is 89.1 Å². The monoisotopic (exact) mass is 483 g/mol. The number of benzene rings is 2. The molecule has 0 amide bonds. The van der Waals surface area contributed by atoms with Crippen LogP contribution in [0.3, 0.4) is 0 Å². The summed E-state index contributed by atoms with van der Waals surface area (Å²) in [6, 6.07) is 21.6. The number of fused-ring (bicyclic) bond motifs is 1. The predicted molar refractivity (Wildman–Crippen MR) is 136 cm³/mol. The third-order valence-corrected chi connectivity index (χ3v) is 2.98. The quantitative estimate of drug-likeness (QED) is 0.244. The first-order valence-electron chi connectivity index (χ1n) is 8.97. The van der Waals surface area contributed by atoms with E-state index in [1.165, 1.54) is 27.5 Å². The maximum atomic E-state index is 6.94. The molecule has 0 aliphatic carbocycles. The Bertz CT molecular complexity index is 731. The standard InChI is InChI=1S/C16H13.C4H10N.2C2H5.2ClH.Si.Ti/c1-12-10-14-8-5-9-15(16(14)11-12)13-6-3-2-4-7-13;1-4(2,3)5;2*1-2;;;;/h2-11H,1H3;5H,1-3H3;2*1H2,2H3;2*1H;;/q4*-1;;;;. The van der Waals surface area contributed by atoms with E-state index in [1.807, 2.05) is 20.8 Å². The minimum atomic E-state index is -0.250. The van der Waals surface area contributed by atoms with Crippen LogP contribution in [0.1, 0.15) is 40.2 Å². The van der Waals surface area contributed by atoms with Crippen LogP contribution in [0.15, 0.2) is 60.7 Å². The van der Waals surface area contributed by atoms with Crippen LogP contribution in [0.5, 0.6) is 0 Å². The van der Waals surface area contributed by atoms with E-state index in [0.717, 1.165) is 0 Å². The summed E-state index contributed by atoms with van der Waals surface area (Å²) in [6.07, 6.45) is 0. The summed E-state index contributed by atoms with van der Waals surface area (Å²) in [7, 11) is 2.97. The van der Waals surface area contributed by atoms with E-state index in [9.17, 15) is 0 Å². The number of aryl methyl sites for hydroxylation is 1. The number of hydrogen-bond acceptors (Lipinski definition) is 0. The third kappa shape index (κ3) is 16.0. The van der Waals surface area contributed by atoms with Crippen LogP contribution in [-0.2, 0) is 19.2 Å². The average Bonchev–Trinajstić information content (AvgIpc) is 3.06. The molecular formula is C24H35Cl2NSiTi-4. The predicted octanol–water partition coefficient (Wildman–Crippen LogP) is 8.51. The molecular weight excluding hydrogens is 449 g/mol. The molecule has 3 aromatic carbocycles. The van der Waals surface area contributed by atoms with Gasteiger partial charge in [-0.05, 0) is 5.56 Å². The van der Waals surface area contributed by atoms with Crippen LogP contribution in [0.2, 0.25) is 0 Å². The van der Waals surface area contributed by atoms with Gasteiger partial charge in [-0.1, -0.05) is 69.7 Å². The van der Waals surface area contributed by atoms with Gasteiger partial charge in [-0.15, -0.1) is 64.9 Å². The molecule has 0 spiro atoms. The molecule has 0 saturated heterocycles. The molecule has 0 fully saturated rings. The molecule has 0 aliphatic heterocycles. The van der Waals surface area contributed by atoms with Crippen LogP contribution in [0.4, 0.5) is 0 Å². The molecule has 1 N–H and O–H groups in total. The van der Waals surface area contributed by atoms with Crippen LogP contribution < -0.4 is 0 Å². The van der Waals surface area contributed by atoms with E-state index >= 15 is 0 Å². The molecule has 0 heterocycles. The molecule has 5 heteroatoms. The fourth-order valence-electron chi connectivity index (χ4n) is 2.25. The van der Waals surface area contributed by atoms with Gasteiger partial charge in [-0.25, -0.2) is 0 Å². The molecule has 0 bridgehead atoms. The zero-order valence-electron chi connectivity index (χ0n) is 18.5. The first kappa shape index (κ1) is 35.9. The van der Waals surface area contributed by atoms with Crippen molar-refractivity contribution in [2.45, 2.75) is 47.1 Å². The number of nitrogens with one attached hydrogen (secondary N) is 1.